The molecule has 1 unspecified atom stereocenters. The Hall–Kier alpha value is -2.96. The van der Waals surface area contributed by atoms with Crippen molar-refractivity contribution in [2.24, 2.45) is 5.92 Å². The first kappa shape index (κ1) is 18.1. The molecule has 5 nitrogen and oxygen atoms in total. The second-order valence-corrected chi connectivity index (χ2v) is 8.18. The van der Waals surface area contributed by atoms with Crippen molar-refractivity contribution in [3.8, 4) is 16.9 Å². The summed E-state index contributed by atoms with van der Waals surface area (Å²) in [5, 5.41) is 3.82. The zero-order chi connectivity index (χ0) is 20.0. The molecule has 1 N–H and O–H groups in total. The molecule has 1 fully saturated rings. The summed E-state index contributed by atoms with van der Waals surface area (Å²) in [6, 6.07) is 13.8. The first-order valence-corrected chi connectivity index (χ1v) is 10.3. The lowest BCUT2D eigenvalue weighted by atomic mass is 9.85. The van der Waals surface area contributed by atoms with Crippen LogP contribution in [0.1, 0.15) is 11.5 Å². The van der Waals surface area contributed by atoms with Crippen molar-refractivity contribution < 1.29 is 14.3 Å². The van der Waals surface area contributed by atoms with Crippen molar-refractivity contribution in [1.82, 2.24) is 4.98 Å². The zero-order valence-electron chi connectivity index (χ0n) is 15.8. The Bertz CT molecular complexity index is 1270. The molecule has 3 heterocycles. The molecule has 0 spiro atoms. The molecule has 146 valence electrons. The van der Waals surface area contributed by atoms with E-state index in [0.717, 1.165) is 45.0 Å². The van der Waals surface area contributed by atoms with Gasteiger partial charge in [-0.2, -0.15) is 0 Å². The normalized spacial score (nSPS) is 15.3. The highest BCUT2D eigenvalue weighted by atomic mass is 32.1. The molecule has 4 aromatic rings. The molecular formula is C23H19NO4S. The summed E-state index contributed by atoms with van der Waals surface area (Å²) in [6.45, 7) is 1.26. The average molecular weight is 405 g/mol. The van der Waals surface area contributed by atoms with Gasteiger partial charge in [0.25, 0.3) is 5.56 Å². The lowest BCUT2D eigenvalue weighted by molar-refractivity contribution is -0.115. The Kier molecular flexibility index (Phi) is 4.45. The van der Waals surface area contributed by atoms with Crippen molar-refractivity contribution in [3.63, 3.8) is 0 Å². The summed E-state index contributed by atoms with van der Waals surface area (Å²) in [4.78, 5) is 27.0. The van der Waals surface area contributed by atoms with E-state index in [9.17, 15) is 9.59 Å². The molecule has 2 aromatic carbocycles. The Morgan fingerprint density at radius 3 is 2.62 bits per heavy atom. The predicted molar refractivity (Wildman–Crippen MR) is 115 cm³/mol. The molecule has 1 saturated heterocycles. The van der Waals surface area contributed by atoms with Crippen molar-refractivity contribution >= 4 is 38.6 Å². The van der Waals surface area contributed by atoms with Gasteiger partial charge >= 0.3 is 0 Å². The lowest BCUT2D eigenvalue weighted by Gasteiger charge is -2.30. The standard InChI is InChI=1S/C23H19NO4S/c1-27-19-7-6-18-21(16-8-9-29-22(16)23(26)24-18)20(19)14-4-2-13(3-5-14)17(10-25)15-11-28-12-15/h2-10,15,17H,11-12H2,1H3,(H,24,26). The fraction of sp³-hybridized carbons (Fsp3) is 0.217. The Balaban J connectivity index is 1.70. The summed E-state index contributed by atoms with van der Waals surface area (Å²) in [7, 11) is 1.65. The summed E-state index contributed by atoms with van der Waals surface area (Å²) < 4.78 is 11.6. The number of H-pyrrole nitrogens is 1. The maximum absolute atomic E-state index is 12.4. The molecule has 29 heavy (non-hydrogen) atoms. The highest BCUT2D eigenvalue weighted by Gasteiger charge is 2.29. The van der Waals surface area contributed by atoms with Crippen LogP contribution in [0.15, 0.2) is 52.6 Å². The number of ether oxygens (including phenoxy) is 2. The summed E-state index contributed by atoms with van der Waals surface area (Å²) in [6.07, 6.45) is 1.01. The van der Waals surface area contributed by atoms with Crippen LogP contribution in [-0.4, -0.2) is 31.6 Å². The highest BCUT2D eigenvalue weighted by molar-refractivity contribution is 7.17. The molecule has 1 aliphatic heterocycles. The van der Waals surface area contributed by atoms with Gasteiger partial charge in [-0.3, -0.25) is 4.79 Å². The van der Waals surface area contributed by atoms with Gasteiger partial charge in [-0.25, -0.2) is 0 Å². The molecule has 6 heteroatoms. The number of nitrogens with one attached hydrogen (secondary N) is 1. The average Bonchev–Trinajstić information content (AvgIpc) is 3.21. The van der Waals surface area contributed by atoms with Crippen LogP contribution in [0.5, 0.6) is 5.75 Å². The van der Waals surface area contributed by atoms with Crippen LogP contribution in [0, 0.1) is 5.92 Å². The van der Waals surface area contributed by atoms with Gasteiger partial charge in [0.15, 0.2) is 0 Å². The number of carbonyl (C=O) groups excluding carboxylic acids is 1. The topological polar surface area (TPSA) is 68.4 Å². The van der Waals surface area contributed by atoms with Gasteiger partial charge < -0.3 is 19.3 Å². The zero-order valence-corrected chi connectivity index (χ0v) is 16.6. The molecule has 0 radical (unpaired) electrons. The van der Waals surface area contributed by atoms with Gasteiger partial charge in [0.1, 0.15) is 16.7 Å². The Morgan fingerprint density at radius 1 is 1.17 bits per heavy atom. The first-order chi connectivity index (χ1) is 14.2. The number of thiophene rings is 1. The van der Waals surface area contributed by atoms with Crippen LogP contribution in [-0.2, 0) is 9.53 Å². The van der Waals surface area contributed by atoms with Crippen LogP contribution in [0.2, 0.25) is 0 Å². The SMILES string of the molecule is COc1ccc2[nH]c(=O)c3sccc3c2c1-c1ccc(C(C=O)C2COC2)cc1. The third-order valence-electron chi connectivity index (χ3n) is 5.68. The van der Waals surface area contributed by atoms with Crippen LogP contribution in [0.25, 0.3) is 32.1 Å². The maximum atomic E-state index is 12.4. The van der Waals surface area contributed by atoms with E-state index in [1.807, 2.05) is 47.8 Å². The van der Waals surface area contributed by atoms with Crippen molar-refractivity contribution in [2.75, 3.05) is 20.3 Å². The molecule has 0 amide bonds. The fourth-order valence-electron chi connectivity index (χ4n) is 4.08. The van der Waals surface area contributed by atoms with Crippen molar-refractivity contribution in [1.29, 1.82) is 0 Å². The molecule has 1 aliphatic rings. The van der Waals surface area contributed by atoms with E-state index in [0.29, 0.717) is 17.9 Å². The predicted octanol–water partition coefficient (Wildman–Crippen LogP) is 4.35. The molecule has 0 saturated carbocycles. The van der Waals surface area contributed by atoms with E-state index in [1.54, 1.807) is 7.11 Å². The minimum Gasteiger partial charge on any atom is -0.496 e. The van der Waals surface area contributed by atoms with Crippen LogP contribution < -0.4 is 10.3 Å². The molecule has 0 bridgehead atoms. The van der Waals surface area contributed by atoms with Crippen LogP contribution in [0.3, 0.4) is 0 Å². The number of pyridine rings is 1. The van der Waals surface area contributed by atoms with Gasteiger partial charge in [0.2, 0.25) is 0 Å². The second-order valence-electron chi connectivity index (χ2n) is 7.26. The molecule has 2 aromatic heterocycles. The molecule has 0 aliphatic carbocycles. The minimum absolute atomic E-state index is 0.0782. The smallest absolute Gasteiger partial charge is 0.266 e. The molecule has 1 atom stereocenters. The number of rotatable bonds is 5. The summed E-state index contributed by atoms with van der Waals surface area (Å²) in [5.74, 6) is 0.845. The number of fused-ring (bicyclic) bond motifs is 3. The maximum Gasteiger partial charge on any atom is 0.266 e. The lowest BCUT2D eigenvalue weighted by Crippen LogP contribution is -2.33. The molecular weight excluding hydrogens is 386 g/mol. The van der Waals surface area contributed by atoms with Crippen molar-refractivity contribution in [2.45, 2.75) is 5.92 Å². The Labute approximate surface area is 170 Å². The summed E-state index contributed by atoms with van der Waals surface area (Å²) >= 11 is 1.43. The van der Waals surface area contributed by atoms with Gasteiger partial charge in [0.05, 0.1) is 20.3 Å². The van der Waals surface area contributed by atoms with Gasteiger partial charge in [-0.15, -0.1) is 11.3 Å². The van der Waals surface area contributed by atoms with Gasteiger partial charge in [-0.1, -0.05) is 24.3 Å². The number of aromatic amines is 1. The van der Waals surface area contributed by atoms with E-state index in [2.05, 4.69) is 4.98 Å². The van der Waals surface area contributed by atoms with Crippen LogP contribution >= 0.6 is 11.3 Å². The summed E-state index contributed by atoms with van der Waals surface area (Å²) in [5.41, 5.74) is 3.60. The van der Waals surface area contributed by atoms with Gasteiger partial charge in [-0.05, 0) is 34.7 Å². The quantitative estimate of drug-likeness (QED) is 0.501. The number of methoxy groups -OCH3 is 1. The van der Waals surface area contributed by atoms with Crippen LogP contribution in [0.4, 0.5) is 0 Å². The largest absolute Gasteiger partial charge is 0.496 e. The number of hydrogen-bond acceptors (Lipinski definition) is 5. The Morgan fingerprint density at radius 2 is 1.97 bits per heavy atom. The monoisotopic (exact) mass is 405 g/mol. The number of aldehydes is 1. The number of hydrogen-bond donors (Lipinski definition) is 1. The number of carbonyl (C=O) groups is 1. The van der Waals surface area contributed by atoms with E-state index < -0.39 is 0 Å². The number of aromatic nitrogens is 1. The molecule has 5 rings (SSSR count). The second kappa shape index (κ2) is 7.13. The van der Waals surface area contributed by atoms with E-state index in [-0.39, 0.29) is 17.4 Å². The van der Waals surface area contributed by atoms with E-state index in [1.165, 1.54) is 11.3 Å². The minimum atomic E-state index is -0.146. The number of benzene rings is 2. The van der Waals surface area contributed by atoms with E-state index in [4.69, 9.17) is 9.47 Å². The third-order valence-corrected chi connectivity index (χ3v) is 6.59. The third kappa shape index (κ3) is 2.87. The van der Waals surface area contributed by atoms with Gasteiger partial charge in [0, 0.05) is 33.7 Å². The van der Waals surface area contributed by atoms with E-state index >= 15 is 0 Å². The fourth-order valence-corrected chi connectivity index (χ4v) is 4.88. The highest BCUT2D eigenvalue weighted by Crippen LogP contribution is 2.40. The van der Waals surface area contributed by atoms with Crippen molar-refractivity contribution in [3.05, 3.63) is 63.8 Å². The first-order valence-electron chi connectivity index (χ1n) is 9.45.